The molecule has 3 aromatic rings. The molecule has 1 saturated heterocycles. The SMILES string of the molecule is COCCOc1cc(F)c2c(Nc3ccc(NC(=O)COCC4CCCO4)cc3)ncnc2c1. The third-order valence-corrected chi connectivity index (χ3v) is 5.21. The van der Waals surface area contributed by atoms with E-state index in [0.717, 1.165) is 19.4 Å². The zero-order valence-corrected chi connectivity index (χ0v) is 18.9. The van der Waals surface area contributed by atoms with Gasteiger partial charge in [-0.3, -0.25) is 4.79 Å². The number of carbonyl (C=O) groups excluding carboxylic acids is 1. The van der Waals surface area contributed by atoms with E-state index < -0.39 is 5.82 Å². The fraction of sp³-hybridized carbons (Fsp3) is 0.375. The van der Waals surface area contributed by atoms with Gasteiger partial charge < -0.3 is 29.6 Å². The first-order valence-electron chi connectivity index (χ1n) is 11.0. The highest BCUT2D eigenvalue weighted by Crippen LogP contribution is 2.29. The highest BCUT2D eigenvalue weighted by molar-refractivity contribution is 5.93. The summed E-state index contributed by atoms with van der Waals surface area (Å²) in [6.45, 7) is 1.84. The normalized spacial score (nSPS) is 15.4. The summed E-state index contributed by atoms with van der Waals surface area (Å²) in [5.41, 5.74) is 1.71. The number of nitrogens with zero attached hydrogens (tertiary/aromatic N) is 2. The highest BCUT2D eigenvalue weighted by atomic mass is 19.1. The third kappa shape index (κ3) is 6.37. The summed E-state index contributed by atoms with van der Waals surface area (Å²) >= 11 is 0. The number of rotatable bonds is 11. The number of benzene rings is 2. The van der Waals surface area contributed by atoms with Crippen LogP contribution in [-0.2, 0) is 19.0 Å². The molecule has 0 bridgehead atoms. The van der Waals surface area contributed by atoms with E-state index >= 15 is 0 Å². The van der Waals surface area contributed by atoms with E-state index in [-0.39, 0.29) is 24.0 Å². The van der Waals surface area contributed by atoms with Crippen LogP contribution in [0.2, 0.25) is 0 Å². The maximum Gasteiger partial charge on any atom is 0.250 e. The molecule has 1 unspecified atom stereocenters. The van der Waals surface area contributed by atoms with E-state index in [4.69, 9.17) is 18.9 Å². The number of carbonyl (C=O) groups is 1. The molecule has 9 nitrogen and oxygen atoms in total. The minimum absolute atomic E-state index is 0.0385. The number of fused-ring (bicyclic) bond motifs is 1. The van der Waals surface area contributed by atoms with Gasteiger partial charge >= 0.3 is 0 Å². The van der Waals surface area contributed by atoms with Gasteiger partial charge in [-0.25, -0.2) is 14.4 Å². The molecule has 0 spiro atoms. The molecule has 1 aliphatic heterocycles. The smallest absolute Gasteiger partial charge is 0.250 e. The minimum Gasteiger partial charge on any atom is -0.491 e. The molecule has 2 N–H and O–H groups in total. The molecule has 1 fully saturated rings. The Balaban J connectivity index is 1.36. The van der Waals surface area contributed by atoms with Gasteiger partial charge in [-0.05, 0) is 37.1 Å². The number of amides is 1. The number of halogens is 1. The van der Waals surface area contributed by atoms with Crippen LogP contribution in [0.15, 0.2) is 42.7 Å². The number of methoxy groups -OCH3 is 1. The summed E-state index contributed by atoms with van der Waals surface area (Å²) in [6, 6.07) is 9.95. The van der Waals surface area contributed by atoms with Gasteiger partial charge in [0.25, 0.3) is 0 Å². The minimum atomic E-state index is -0.500. The molecule has 2 heterocycles. The second kappa shape index (κ2) is 11.7. The Kier molecular flexibility index (Phi) is 8.18. The number of aromatic nitrogens is 2. The quantitative estimate of drug-likeness (QED) is 0.409. The maximum absolute atomic E-state index is 14.8. The lowest BCUT2D eigenvalue weighted by Gasteiger charge is -2.12. The van der Waals surface area contributed by atoms with Gasteiger partial charge in [0.1, 0.15) is 36.9 Å². The van der Waals surface area contributed by atoms with Crippen LogP contribution in [0.5, 0.6) is 5.75 Å². The molecule has 1 atom stereocenters. The predicted molar refractivity (Wildman–Crippen MR) is 125 cm³/mol. The van der Waals surface area contributed by atoms with E-state index in [1.54, 1.807) is 37.4 Å². The van der Waals surface area contributed by atoms with Gasteiger partial charge in [-0.2, -0.15) is 0 Å². The summed E-state index contributed by atoms with van der Waals surface area (Å²) in [5, 5.41) is 6.14. The van der Waals surface area contributed by atoms with Crippen LogP contribution in [-0.4, -0.2) is 62.1 Å². The molecular formula is C24H27FN4O5. The molecular weight excluding hydrogens is 443 g/mol. The second-order valence-corrected chi connectivity index (χ2v) is 7.76. The van der Waals surface area contributed by atoms with Crippen molar-refractivity contribution in [3.8, 4) is 5.75 Å². The fourth-order valence-corrected chi connectivity index (χ4v) is 3.57. The molecule has 1 amide bonds. The molecule has 0 saturated carbocycles. The lowest BCUT2D eigenvalue weighted by Crippen LogP contribution is -2.22. The van der Waals surface area contributed by atoms with Crippen LogP contribution >= 0.6 is 0 Å². The van der Waals surface area contributed by atoms with E-state index in [0.29, 0.717) is 48.3 Å². The molecule has 4 rings (SSSR count). The summed E-state index contributed by atoms with van der Waals surface area (Å²) in [5.74, 6) is -0.0530. The summed E-state index contributed by atoms with van der Waals surface area (Å²) in [7, 11) is 1.57. The van der Waals surface area contributed by atoms with Crippen LogP contribution in [0, 0.1) is 5.82 Å². The molecule has 2 aromatic carbocycles. The van der Waals surface area contributed by atoms with E-state index in [1.165, 1.54) is 12.4 Å². The molecule has 1 aromatic heterocycles. The second-order valence-electron chi connectivity index (χ2n) is 7.76. The predicted octanol–water partition coefficient (Wildman–Crippen LogP) is 3.67. The zero-order chi connectivity index (χ0) is 23.8. The van der Waals surface area contributed by atoms with Crippen molar-refractivity contribution in [1.82, 2.24) is 9.97 Å². The average molecular weight is 471 g/mol. The number of hydrogen-bond acceptors (Lipinski definition) is 8. The van der Waals surface area contributed by atoms with E-state index in [1.807, 2.05) is 0 Å². The molecule has 0 radical (unpaired) electrons. The average Bonchev–Trinajstić information content (AvgIpc) is 3.34. The van der Waals surface area contributed by atoms with Crippen LogP contribution in [0.4, 0.5) is 21.6 Å². The van der Waals surface area contributed by atoms with Gasteiger partial charge in [-0.15, -0.1) is 0 Å². The Morgan fingerprint density at radius 1 is 1.18 bits per heavy atom. The first-order chi connectivity index (χ1) is 16.6. The number of ether oxygens (including phenoxy) is 4. The first kappa shape index (κ1) is 23.8. The van der Waals surface area contributed by atoms with Crippen molar-refractivity contribution < 1.29 is 28.1 Å². The Morgan fingerprint density at radius 2 is 2.00 bits per heavy atom. The van der Waals surface area contributed by atoms with E-state index in [2.05, 4.69) is 20.6 Å². The maximum atomic E-state index is 14.8. The van der Waals surface area contributed by atoms with Gasteiger partial charge in [0.2, 0.25) is 5.91 Å². The Morgan fingerprint density at radius 3 is 2.76 bits per heavy atom. The summed E-state index contributed by atoms with van der Waals surface area (Å²) in [4.78, 5) is 20.4. The van der Waals surface area contributed by atoms with Crippen molar-refractivity contribution in [1.29, 1.82) is 0 Å². The lowest BCUT2D eigenvalue weighted by molar-refractivity contribution is -0.121. The molecule has 1 aliphatic rings. The van der Waals surface area contributed by atoms with Crippen molar-refractivity contribution in [3.05, 3.63) is 48.5 Å². The fourth-order valence-electron chi connectivity index (χ4n) is 3.57. The van der Waals surface area contributed by atoms with E-state index in [9.17, 15) is 9.18 Å². The van der Waals surface area contributed by atoms with Gasteiger partial charge in [0.05, 0.1) is 30.2 Å². The standard InChI is InChI=1S/C24H27FN4O5/c1-31-9-10-34-19-11-20(25)23-21(12-19)26-15-27-24(23)29-17-6-4-16(5-7-17)28-22(30)14-32-13-18-3-2-8-33-18/h4-7,11-12,15,18H,2-3,8-10,13-14H2,1H3,(H,28,30)(H,26,27,29). The summed E-state index contributed by atoms with van der Waals surface area (Å²) < 4.78 is 36.2. The van der Waals surface area contributed by atoms with Gasteiger partial charge in [0.15, 0.2) is 0 Å². The molecule has 0 aliphatic carbocycles. The molecule has 34 heavy (non-hydrogen) atoms. The largest absolute Gasteiger partial charge is 0.491 e. The monoisotopic (exact) mass is 470 g/mol. The van der Waals surface area contributed by atoms with Crippen molar-refractivity contribution >= 4 is 34.0 Å². The van der Waals surface area contributed by atoms with Crippen molar-refractivity contribution in [2.75, 3.05) is 50.8 Å². The van der Waals surface area contributed by atoms with Crippen molar-refractivity contribution in [2.45, 2.75) is 18.9 Å². The van der Waals surface area contributed by atoms with Crippen LogP contribution in [0.1, 0.15) is 12.8 Å². The van der Waals surface area contributed by atoms with Crippen molar-refractivity contribution in [2.24, 2.45) is 0 Å². The molecule has 180 valence electrons. The Labute approximate surface area is 196 Å². The highest BCUT2D eigenvalue weighted by Gasteiger charge is 2.16. The van der Waals surface area contributed by atoms with Crippen LogP contribution in [0.25, 0.3) is 10.9 Å². The van der Waals surface area contributed by atoms with Crippen LogP contribution in [0.3, 0.4) is 0 Å². The number of hydrogen-bond donors (Lipinski definition) is 2. The van der Waals surface area contributed by atoms with Crippen molar-refractivity contribution in [3.63, 3.8) is 0 Å². The zero-order valence-electron chi connectivity index (χ0n) is 18.9. The first-order valence-corrected chi connectivity index (χ1v) is 11.0. The van der Waals surface area contributed by atoms with Crippen LogP contribution < -0.4 is 15.4 Å². The Hall–Kier alpha value is -3.34. The van der Waals surface area contributed by atoms with Gasteiger partial charge in [-0.1, -0.05) is 0 Å². The lowest BCUT2D eigenvalue weighted by atomic mass is 10.2. The third-order valence-electron chi connectivity index (χ3n) is 5.21. The topological polar surface area (TPSA) is 104 Å². The Bertz CT molecular complexity index is 1110. The number of nitrogens with one attached hydrogen (secondary N) is 2. The number of anilines is 3. The van der Waals surface area contributed by atoms with Gasteiger partial charge in [0, 0.05) is 37.2 Å². The molecule has 10 heteroatoms. The summed E-state index contributed by atoms with van der Waals surface area (Å²) in [6.07, 6.45) is 3.43.